The molecule has 5 nitrogen and oxygen atoms in total. The molecule has 1 aromatic carbocycles. The Morgan fingerprint density at radius 1 is 1.56 bits per heavy atom. The summed E-state index contributed by atoms with van der Waals surface area (Å²) in [5, 5.41) is 13.4. The number of carbonyl (C=O) groups is 1. The Morgan fingerprint density at radius 2 is 2.31 bits per heavy atom. The average Bonchev–Trinajstić information content (AvgIpc) is 2.29. The third kappa shape index (κ3) is 2.90. The third-order valence-electron chi connectivity index (χ3n) is 1.85. The maximum absolute atomic E-state index is 10.6. The summed E-state index contributed by atoms with van der Waals surface area (Å²) in [6.07, 6.45) is 0.460. The van der Waals surface area contributed by atoms with E-state index in [2.05, 4.69) is 17.2 Å². The number of nitrogens with one attached hydrogen (secondary N) is 1. The molecule has 0 spiro atoms. The SMILES string of the molecule is CNCC#Cc1ccc([N+](=O)[O-])c(C=O)c1. The molecule has 0 aliphatic carbocycles. The molecule has 0 fully saturated rings. The van der Waals surface area contributed by atoms with Crippen LogP contribution in [-0.4, -0.2) is 24.8 Å². The Labute approximate surface area is 92.6 Å². The number of hydrogen-bond acceptors (Lipinski definition) is 4. The topological polar surface area (TPSA) is 72.2 Å². The standard InChI is InChI=1S/C11H10N2O3/c1-12-6-2-3-9-4-5-11(13(15)16)10(7-9)8-14/h4-5,7-8,12H,6H2,1H3. The van der Waals surface area contributed by atoms with Crippen molar-refractivity contribution in [1.29, 1.82) is 0 Å². The monoisotopic (exact) mass is 218 g/mol. The molecule has 0 amide bonds. The Bertz CT molecular complexity index is 472. The summed E-state index contributed by atoms with van der Waals surface area (Å²) in [5.41, 5.74) is 0.429. The van der Waals surface area contributed by atoms with E-state index in [0.717, 1.165) is 0 Å². The summed E-state index contributed by atoms with van der Waals surface area (Å²) in [6.45, 7) is 0.521. The lowest BCUT2D eigenvalue weighted by molar-refractivity contribution is -0.385. The fourth-order valence-corrected chi connectivity index (χ4v) is 1.13. The van der Waals surface area contributed by atoms with Gasteiger partial charge in [-0.05, 0) is 19.2 Å². The first-order valence-electron chi connectivity index (χ1n) is 4.56. The van der Waals surface area contributed by atoms with Gasteiger partial charge in [0.1, 0.15) is 0 Å². The quantitative estimate of drug-likeness (QED) is 0.355. The zero-order valence-electron chi connectivity index (χ0n) is 8.69. The molecule has 1 aromatic rings. The van der Waals surface area contributed by atoms with Gasteiger partial charge in [-0.2, -0.15) is 0 Å². The molecular weight excluding hydrogens is 208 g/mol. The number of hydrogen-bond donors (Lipinski definition) is 1. The zero-order chi connectivity index (χ0) is 12.0. The molecule has 16 heavy (non-hydrogen) atoms. The molecule has 0 heterocycles. The predicted octanol–water partition coefficient (Wildman–Crippen LogP) is 0.978. The lowest BCUT2D eigenvalue weighted by Crippen LogP contribution is -2.04. The minimum absolute atomic E-state index is 0.0428. The second-order valence-corrected chi connectivity index (χ2v) is 2.98. The highest BCUT2D eigenvalue weighted by Gasteiger charge is 2.12. The number of nitro benzene ring substituents is 1. The van der Waals surface area contributed by atoms with E-state index in [4.69, 9.17) is 0 Å². The van der Waals surface area contributed by atoms with Crippen LogP contribution in [0, 0.1) is 22.0 Å². The van der Waals surface area contributed by atoms with Gasteiger partial charge in [-0.1, -0.05) is 11.8 Å². The number of carbonyl (C=O) groups excluding carboxylic acids is 1. The van der Waals surface area contributed by atoms with Crippen LogP contribution < -0.4 is 5.32 Å². The molecule has 0 aromatic heterocycles. The highest BCUT2D eigenvalue weighted by molar-refractivity contribution is 5.82. The third-order valence-corrected chi connectivity index (χ3v) is 1.85. The molecule has 0 bridgehead atoms. The van der Waals surface area contributed by atoms with Crippen molar-refractivity contribution in [2.24, 2.45) is 0 Å². The van der Waals surface area contributed by atoms with Gasteiger partial charge in [-0.3, -0.25) is 14.9 Å². The van der Waals surface area contributed by atoms with E-state index in [1.165, 1.54) is 18.2 Å². The minimum atomic E-state index is -0.589. The first kappa shape index (κ1) is 11.9. The number of rotatable bonds is 3. The average molecular weight is 218 g/mol. The fourth-order valence-electron chi connectivity index (χ4n) is 1.13. The summed E-state index contributed by atoms with van der Waals surface area (Å²) < 4.78 is 0. The smallest absolute Gasteiger partial charge is 0.279 e. The maximum atomic E-state index is 10.6. The molecule has 1 N–H and O–H groups in total. The zero-order valence-corrected chi connectivity index (χ0v) is 8.69. The summed E-state index contributed by atoms with van der Waals surface area (Å²) >= 11 is 0. The molecule has 0 saturated carbocycles. The molecule has 0 radical (unpaired) electrons. The van der Waals surface area contributed by atoms with E-state index in [0.29, 0.717) is 18.4 Å². The number of benzene rings is 1. The first-order valence-corrected chi connectivity index (χ1v) is 4.56. The van der Waals surface area contributed by atoms with Crippen molar-refractivity contribution in [2.45, 2.75) is 0 Å². The van der Waals surface area contributed by atoms with Crippen molar-refractivity contribution in [2.75, 3.05) is 13.6 Å². The maximum Gasteiger partial charge on any atom is 0.279 e. The summed E-state index contributed by atoms with van der Waals surface area (Å²) in [6, 6.07) is 4.22. The lowest BCUT2D eigenvalue weighted by atomic mass is 10.1. The van der Waals surface area contributed by atoms with Gasteiger partial charge in [0.05, 0.1) is 17.0 Å². The number of nitrogens with zero attached hydrogens (tertiary/aromatic N) is 1. The Morgan fingerprint density at radius 3 is 2.88 bits per heavy atom. The Kier molecular flexibility index (Phi) is 4.18. The van der Waals surface area contributed by atoms with Crippen molar-refractivity contribution in [3.8, 4) is 11.8 Å². The fraction of sp³-hybridized carbons (Fsp3) is 0.182. The van der Waals surface area contributed by atoms with E-state index < -0.39 is 4.92 Å². The van der Waals surface area contributed by atoms with Crippen LogP contribution in [0.2, 0.25) is 0 Å². The van der Waals surface area contributed by atoms with E-state index in [-0.39, 0.29) is 11.3 Å². The van der Waals surface area contributed by atoms with Crippen molar-refractivity contribution in [1.82, 2.24) is 5.32 Å². The molecule has 0 saturated heterocycles. The number of nitro groups is 1. The van der Waals surface area contributed by atoms with Crippen LogP contribution in [0.25, 0.3) is 0 Å². The van der Waals surface area contributed by atoms with Crippen molar-refractivity contribution < 1.29 is 9.72 Å². The van der Waals surface area contributed by atoms with Crippen LogP contribution >= 0.6 is 0 Å². The van der Waals surface area contributed by atoms with Crippen LogP contribution in [0.3, 0.4) is 0 Å². The largest absolute Gasteiger partial charge is 0.309 e. The van der Waals surface area contributed by atoms with Gasteiger partial charge >= 0.3 is 0 Å². The highest BCUT2D eigenvalue weighted by Crippen LogP contribution is 2.17. The first-order chi connectivity index (χ1) is 7.69. The molecule has 0 aliphatic heterocycles. The van der Waals surface area contributed by atoms with Gasteiger partial charge in [0.25, 0.3) is 5.69 Å². The van der Waals surface area contributed by atoms with E-state index in [1.807, 2.05) is 0 Å². The second kappa shape index (κ2) is 5.63. The highest BCUT2D eigenvalue weighted by atomic mass is 16.6. The molecule has 0 atom stereocenters. The van der Waals surface area contributed by atoms with Gasteiger partial charge in [0.15, 0.2) is 6.29 Å². The van der Waals surface area contributed by atoms with Crippen molar-refractivity contribution in [3.05, 3.63) is 39.4 Å². The molecule has 0 aliphatic rings. The summed E-state index contributed by atoms with van der Waals surface area (Å²) in [7, 11) is 1.77. The van der Waals surface area contributed by atoms with Gasteiger partial charge in [0, 0.05) is 11.6 Å². The summed E-state index contributed by atoms with van der Waals surface area (Å²) in [4.78, 5) is 20.6. The molecule has 0 unspecified atom stereocenters. The molecular formula is C11H10N2O3. The Hall–Kier alpha value is -2.19. The van der Waals surface area contributed by atoms with Crippen molar-refractivity contribution >= 4 is 12.0 Å². The van der Waals surface area contributed by atoms with Crippen LogP contribution in [0.5, 0.6) is 0 Å². The van der Waals surface area contributed by atoms with Gasteiger partial charge < -0.3 is 5.32 Å². The van der Waals surface area contributed by atoms with Crippen LogP contribution in [0.15, 0.2) is 18.2 Å². The predicted molar refractivity (Wildman–Crippen MR) is 59.3 cm³/mol. The summed E-state index contributed by atoms with van der Waals surface area (Å²) in [5.74, 6) is 5.60. The molecule has 1 rings (SSSR count). The van der Waals surface area contributed by atoms with E-state index >= 15 is 0 Å². The molecule has 82 valence electrons. The van der Waals surface area contributed by atoms with Crippen LogP contribution in [0.4, 0.5) is 5.69 Å². The van der Waals surface area contributed by atoms with Gasteiger partial charge in [-0.25, -0.2) is 0 Å². The van der Waals surface area contributed by atoms with Crippen molar-refractivity contribution in [3.63, 3.8) is 0 Å². The number of aldehydes is 1. The Balaban J connectivity index is 3.06. The normalized spacial score (nSPS) is 9.06. The molecule has 5 heteroatoms. The second-order valence-electron chi connectivity index (χ2n) is 2.98. The minimum Gasteiger partial charge on any atom is -0.309 e. The van der Waals surface area contributed by atoms with Crippen LogP contribution in [0.1, 0.15) is 15.9 Å². The van der Waals surface area contributed by atoms with Gasteiger partial charge in [-0.15, -0.1) is 0 Å². The van der Waals surface area contributed by atoms with Gasteiger partial charge in [0.2, 0.25) is 0 Å². The van der Waals surface area contributed by atoms with E-state index in [1.54, 1.807) is 7.05 Å². The lowest BCUT2D eigenvalue weighted by Gasteiger charge is -1.96. The van der Waals surface area contributed by atoms with Crippen LogP contribution in [-0.2, 0) is 0 Å². The van der Waals surface area contributed by atoms with E-state index in [9.17, 15) is 14.9 Å².